The molecule has 0 radical (unpaired) electrons. The lowest BCUT2D eigenvalue weighted by Crippen LogP contribution is -2.50. The lowest BCUT2D eigenvalue weighted by molar-refractivity contribution is -0.135. The summed E-state index contributed by atoms with van der Waals surface area (Å²) < 4.78 is 15.6. The predicted octanol–water partition coefficient (Wildman–Crippen LogP) is 5.07. The van der Waals surface area contributed by atoms with Crippen LogP contribution in [0.1, 0.15) is 36.8 Å². The first-order valence-electron chi connectivity index (χ1n) is 15.8. The van der Waals surface area contributed by atoms with E-state index in [0.29, 0.717) is 72.7 Å². The SMILES string of the molecule is CCc1nc2ccc(-c3cnc(N4CCN(C(=O)[C@H]5CC[C@H](O)C5)CC4)nc3)cn2c1N(C)c1nc(-c2ccc(F)cc2)c(C#N)s1. The minimum Gasteiger partial charge on any atom is -0.393 e. The summed E-state index contributed by atoms with van der Waals surface area (Å²) in [7, 11) is 1.91. The van der Waals surface area contributed by atoms with Crippen LogP contribution in [-0.2, 0) is 11.2 Å². The molecule has 0 spiro atoms. The number of halogens is 1. The van der Waals surface area contributed by atoms with Gasteiger partial charge in [0.25, 0.3) is 0 Å². The van der Waals surface area contributed by atoms with Crippen LogP contribution in [0.25, 0.3) is 28.0 Å². The van der Waals surface area contributed by atoms with Crippen molar-refractivity contribution in [2.24, 2.45) is 5.92 Å². The lowest BCUT2D eigenvalue weighted by Gasteiger charge is -2.36. The number of imidazole rings is 1. The van der Waals surface area contributed by atoms with Gasteiger partial charge in [0.15, 0.2) is 5.13 Å². The average Bonchev–Trinajstić information content (AvgIpc) is 3.84. The maximum absolute atomic E-state index is 13.6. The molecule has 2 fully saturated rings. The van der Waals surface area contributed by atoms with Crippen molar-refractivity contribution in [1.82, 2.24) is 29.2 Å². The van der Waals surface area contributed by atoms with Crippen LogP contribution in [0.4, 0.5) is 21.3 Å². The summed E-state index contributed by atoms with van der Waals surface area (Å²) in [5.74, 6) is 1.21. The van der Waals surface area contributed by atoms with E-state index in [1.807, 2.05) is 58.9 Å². The number of piperazine rings is 1. The number of hydrogen-bond donors (Lipinski definition) is 1. The van der Waals surface area contributed by atoms with E-state index in [9.17, 15) is 19.6 Å². The first-order chi connectivity index (χ1) is 22.8. The van der Waals surface area contributed by atoms with Crippen molar-refractivity contribution in [2.45, 2.75) is 38.7 Å². The van der Waals surface area contributed by atoms with Gasteiger partial charge in [0.1, 0.15) is 33.9 Å². The van der Waals surface area contributed by atoms with Gasteiger partial charge in [-0.25, -0.2) is 24.3 Å². The zero-order chi connectivity index (χ0) is 32.7. The molecule has 240 valence electrons. The van der Waals surface area contributed by atoms with E-state index in [-0.39, 0.29) is 23.7 Å². The fourth-order valence-electron chi connectivity index (χ4n) is 6.47. The number of aliphatic hydroxyl groups excluding tert-OH is 1. The summed E-state index contributed by atoms with van der Waals surface area (Å²) in [6.07, 6.45) is 8.01. The van der Waals surface area contributed by atoms with E-state index < -0.39 is 0 Å². The van der Waals surface area contributed by atoms with E-state index in [4.69, 9.17) is 9.97 Å². The van der Waals surface area contributed by atoms with Crippen LogP contribution in [0.5, 0.6) is 0 Å². The molecule has 1 amide bonds. The van der Waals surface area contributed by atoms with Gasteiger partial charge in [0.2, 0.25) is 11.9 Å². The van der Waals surface area contributed by atoms with E-state index in [1.165, 1.54) is 23.5 Å². The smallest absolute Gasteiger partial charge is 0.225 e. The highest BCUT2D eigenvalue weighted by Crippen LogP contribution is 2.37. The number of benzene rings is 1. The molecule has 1 aliphatic heterocycles. The van der Waals surface area contributed by atoms with Crippen LogP contribution in [0.3, 0.4) is 0 Å². The molecule has 1 saturated carbocycles. The Morgan fingerprint density at radius 1 is 1.04 bits per heavy atom. The Hall–Kier alpha value is -4.93. The van der Waals surface area contributed by atoms with Crippen molar-refractivity contribution < 1.29 is 14.3 Å². The number of nitriles is 1. The minimum absolute atomic E-state index is 0.0656. The topological polar surface area (TPSA) is 127 Å². The molecule has 5 heterocycles. The zero-order valence-electron chi connectivity index (χ0n) is 26.2. The van der Waals surface area contributed by atoms with Crippen LogP contribution in [0, 0.1) is 23.1 Å². The van der Waals surface area contributed by atoms with Crippen molar-refractivity contribution in [1.29, 1.82) is 5.26 Å². The van der Waals surface area contributed by atoms with Crippen LogP contribution < -0.4 is 9.80 Å². The second-order valence-electron chi connectivity index (χ2n) is 12.0. The number of aryl methyl sites for hydroxylation is 1. The van der Waals surface area contributed by atoms with E-state index in [0.717, 1.165) is 34.7 Å². The summed E-state index contributed by atoms with van der Waals surface area (Å²) in [5.41, 5.74) is 4.63. The Morgan fingerprint density at radius 2 is 1.77 bits per heavy atom. The molecule has 1 N–H and O–H groups in total. The van der Waals surface area contributed by atoms with Gasteiger partial charge in [-0.2, -0.15) is 5.26 Å². The van der Waals surface area contributed by atoms with Gasteiger partial charge in [0.05, 0.1) is 11.8 Å². The van der Waals surface area contributed by atoms with Gasteiger partial charge in [-0.15, -0.1) is 0 Å². The molecule has 1 aliphatic carbocycles. The first-order valence-corrected chi connectivity index (χ1v) is 16.6. The largest absolute Gasteiger partial charge is 0.393 e. The molecule has 13 heteroatoms. The Labute approximate surface area is 275 Å². The average molecular weight is 652 g/mol. The van der Waals surface area contributed by atoms with Crippen LogP contribution in [-0.4, -0.2) is 79.6 Å². The molecule has 47 heavy (non-hydrogen) atoms. The molecule has 1 aromatic carbocycles. The van der Waals surface area contributed by atoms with Crippen molar-refractivity contribution in [3.8, 4) is 28.5 Å². The number of amides is 1. The van der Waals surface area contributed by atoms with E-state index in [1.54, 1.807) is 12.1 Å². The Balaban J connectivity index is 1.11. The highest BCUT2D eigenvalue weighted by atomic mass is 32.1. The molecule has 7 rings (SSSR count). The number of carbonyl (C=O) groups excluding carboxylic acids is 1. The molecule has 11 nitrogen and oxygen atoms in total. The highest BCUT2D eigenvalue weighted by molar-refractivity contribution is 7.16. The summed E-state index contributed by atoms with van der Waals surface area (Å²) in [4.78, 5) is 38.3. The number of thiazole rings is 1. The maximum Gasteiger partial charge on any atom is 0.225 e. The number of fused-ring (bicyclic) bond motifs is 1. The summed E-state index contributed by atoms with van der Waals surface area (Å²) in [5, 5.41) is 20.3. The molecule has 5 aromatic rings. The Morgan fingerprint density at radius 3 is 2.43 bits per heavy atom. The van der Waals surface area contributed by atoms with E-state index in [2.05, 4.69) is 20.9 Å². The second kappa shape index (κ2) is 12.7. The maximum atomic E-state index is 13.6. The van der Waals surface area contributed by atoms with Gasteiger partial charge in [-0.05, 0) is 62.1 Å². The molecule has 0 bridgehead atoms. The zero-order valence-corrected chi connectivity index (χ0v) is 27.0. The van der Waals surface area contributed by atoms with Crippen LogP contribution in [0.15, 0.2) is 55.0 Å². The number of hydrogen-bond acceptors (Lipinski definition) is 10. The van der Waals surface area contributed by atoms with Crippen molar-refractivity contribution >= 4 is 39.8 Å². The lowest BCUT2D eigenvalue weighted by atomic mass is 10.1. The normalized spacial score (nSPS) is 18.1. The predicted molar refractivity (Wildman–Crippen MR) is 178 cm³/mol. The highest BCUT2D eigenvalue weighted by Gasteiger charge is 2.33. The number of nitrogens with zero attached hydrogens (tertiary/aromatic N) is 9. The molecule has 1 saturated heterocycles. The standard InChI is InChI=1S/C34H34FN9O2S/c1-3-27-31(41(2)34-40-30(28(17-36)47-34)21-4-8-25(35)9-5-21)44-20-23(7-11-29(44)39-27)24-18-37-33(38-19-24)43-14-12-42(13-15-43)32(46)22-6-10-26(45)16-22/h4-5,7-9,11,18-20,22,26,45H,3,6,10,12-16H2,1-2H3/t22-,26-/m0/s1. The molecule has 2 atom stereocenters. The summed E-state index contributed by atoms with van der Waals surface area (Å²) >= 11 is 1.28. The van der Waals surface area contributed by atoms with Gasteiger partial charge in [-0.1, -0.05) is 18.3 Å². The molecule has 4 aromatic heterocycles. The fraction of sp³-hybridized carbons (Fsp3) is 0.353. The quantitative estimate of drug-likeness (QED) is 0.257. The number of carbonyl (C=O) groups is 1. The first kappa shape index (κ1) is 30.7. The minimum atomic E-state index is -0.356. The third-order valence-electron chi connectivity index (χ3n) is 9.04. The number of aromatic nitrogens is 5. The fourth-order valence-corrected chi connectivity index (χ4v) is 7.32. The Bertz CT molecular complexity index is 1960. The van der Waals surface area contributed by atoms with Gasteiger partial charge in [0, 0.05) is 74.4 Å². The summed E-state index contributed by atoms with van der Waals surface area (Å²) in [6, 6.07) is 12.2. The number of aliphatic hydroxyl groups is 1. The van der Waals surface area contributed by atoms with Gasteiger partial charge in [-0.3, -0.25) is 9.20 Å². The third kappa shape index (κ3) is 5.90. The number of pyridine rings is 1. The van der Waals surface area contributed by atoms with Crippen molar-refractivity contribution in [2.75, 3.05) is 43.0 Å². The molecule has 2 aliphatic rings. The molecular formula is C34H34FN9O2S. The van der Waals surface area contributed by atoms with Crippen molar-refractivity contribution in [3.63, 3.8) is 0 Å². The molecule has 0 unspecified atom stereocenters. The van der Waals surface area contributed by atoms with Crippen LogP contribution in [0.2, 0.25) is 0 Å². The van der Waals surface area contributed by atoms with E-state index >= 15 is 0 Å². The monoisotopic (exact) mass is 651 g/mol. The van der Waals surface area contributed by atoms with Crippen LogP contribution >= 0.6 is 11.3 Å². The third-order valence-corrected chi connectivity index (χ3v) is 10.1. The number of rotatable bonds is 7. The Kier molecular flexibility index (Phi) is 8.30. The van der Waals surface area contributed by atoms with Gasteiger partial charge >= 0.3 is 0 Å². The second-order valence-corrected chi connectivity index (χ2v) is 13.0. The molecular weight excluding hydrogens is 618 g/mol. The summed E-state index contributed by atoms with van der Waals surface area (Å²) in [6.45, 7) is 4.59. The van der Waals surface area contributed by atoms with Gasteiger partial charge < -0.3 is 19.8 Å². The van der Waals surface area contributed by atoms with Crippen molar-refractivity contribution in [3.05, 3.63) is 71.4 Å². The number of anilines is 3.